The molecule has 1 aliphatic heterocycles. The molecule has 5 heteroatoms. The lowest BCUT2D eigenvalue weighted by Crippen LogP contribution is -2.37. The smallest absolute Gasteiger partial charge is 0.255 e. The van der Waals surface area contributed by atoms with Crippen molar-refractivity contribution in [3.8, 4) is 10.4 Å². The van der Waals surface area contributed by atoms with Gasteiger partial charge in [-0.1, -0.05) is 24.3 Å². The van der Waals surface area contributed by atoms with Crippen LogP contribution in [0.5, 0.6) is 0 Å². The van der Waals surface area contributed by atoms with E-state index in [0.717, 1.165) is 21.0 Å². The second-order valence-electron chi connectivity index (χ2n) is 5.31. The molecule has 0 saturated carbocycles. The molecule has 2 N–H and O–H groups in total. The number of carbonyl (C=O) groups is 1. The summed E-state index contributed by atoms with van der Waals surface area (Å²) in [5.74, 6) is -0.329. The van der Waals surface area contributed by atoms with Gasteiger partial charge >= 0.3 is 0 Å². The van der Waals surface area contributed by atoms with Gasteiger partial charge in [0.25, 0.3) is 5.91 Å². The van der Waals surface area contributed by atoms with Gasteiger partial charge in [-0.3, -0.25) is 4.79 Å². The summed E-state index contributed by atoms with van der Waals surface area (Å²) in [7, 11) is 0. The first-order valence-electron chi connectivity index (χ1n) is 7.23. The second kappa shape index (κ2) is 5.52. The number of thiophene rings is 1. The Morgan fingerprint density at radius 1 is 0.913 bits per heavy atom. The lowest BCUT2D eigenvalue weighted by molar-refractivity contribution is 0.0936. The van der Waals surface area contributed by atoms with E-state index >= 15 is 0 Å². The highest BCUT2D eigenvalue weighted by molar-refractivity contribution is 7.15. The minimum Gasteiger partial charge on any atom is -0.360 e. The van der Waals surface area contributed by atoms with Crippen molar-refractivity contribution < 1.29 is 9.18 Å². The number of halogens is 1. The molecule has 3 aromatic rings. The van der Waals surface area contributed by atoms with Crippen LogP contribution in [0.25, 0.3) is 10.4 Å². The van der Waals surface area contributed by atoms with E-state index in [4.69, 9.17) is 0 Å². The summed E-state index contributed by atoms with van der Waals surface area (Å²) < 4.78 is 13.0. The van der Waals surface area contributed by atoms with E-state index in [2.05, 4.69) is 10.6 Å². The van der Waals surface area contributed by atoms with Gasteiger partial charge in [0.15, 0.2) is 0 Å². The summed E-state index contributed by atoms with van der Waals surface area (Å²) in [5, 5.41) is 6.30. The van der Waals surface area contributed by atoms with Crippen molar-refractivity contribution in [3.05, 3.63) is 76.9 Å². The lowest BCUT2D eigenvalue weighted by Gasteiger charge is -2.26. The first-order valence-corrected chi connectivity index (χ1v) is 8.04. The van der Waals surface area contributed by atoms with Crippen LogP contribution in [-0.2, 0) is 0 Å². The Bertz CT molecular complexity index is 873. The maximum absolute atomic E-state index is 13.0. The van der Waals surface area contributed by atoms with E-state index in [0.29, 0.717) is 5.56 Å². The number of benzene rings is 2. The molecule has 0 spiro atoms. The van der Waals surface area contributed by atoms with Gasteiger partial charge < -0.3 is 10.6 Å². The molecule has 4 rings (SSSR count). The number of anilines is 1. The van der Waals surface area contributed by atoms with Gasteiger partial charge in [-0.2, -0.15) is 0 Å². The predicted octanol–water partition coefficient (Wildman–Crippen LogP) is 4.41. The molecule has 1 atom stereocenters. The first-order chi connectivity index (χ1) is 11.2. The zero-order valence-electron chi connectivity index (χ0n) is 12.0. The predicted molar refractivity (Wildman–Crippen MR) is 90.0 cm³/mol. The van der Waals surface area contributed by atoms with Gasteiger partial charge in [0.05, 0.1) is 5.56 Å². The Morgan fingerprint density at radius 2 is 1.70 bits per heavy atom. The molecule has 1 amide bonds. The van der Waals surface area contributed by atoms with Gasteiger partial charge in [-0.25, -0.2) is 4.39 Å². The molecule has 2 heterocycles. The van der Waals surface area contributed by atoms with Crippen LogP contribution in [0.3, 0.4) is 0 Å². The molecule has 1 unspecified atom stereocenters. The maximum atomic E-state index is 13.0. The number of hydrogen-bond donors (Lipinski definition) is 2. The molecule has 3 nitrogen and oxygen atoms in total. The third-order valence-electron chi connectivity index (χ3n) is 3.79. The largest absolute Gasteiger partial charge is 0.360 e. The Labute approximate surface area is 136 Å². The Hall–Kier alpha value is -2.66. The number of amides is 1. The average molecular weight is 324 g/mol. The average Bonchev–Trinajstić information content (AvgIpc) is 3.05. The van der Waals surface area contributed by atoms with Gasteiger partial charge in [-0.15, -0.1) is 11.3 Å². The van der Waals surface area contributed by atoms with Crippen molar-refractivity contribution in [1.29, 1.82) is 0 Å². The zero-order valence-corrected chi connectivity index (χ0v) is 12.9. The van der Waals surface area contributed by atoms with Crippen LogP contribution in [-0.4, -0.2) is 5.91 Å². The topological polar surface area (TPSA) is 41.1 Å². The van der Waals surface area contributed by atoms with Gasteiger partial charge in [-0.05, 0) is 42.0 Å². The summed E-state index contributed by atoms with van der Waals surface area (Å²) in [6.45, 7) is 0. The van der Waals surface area contributed by atoms with Crippen LogP contribution in [0.4, 0.5) is 10.1 Å². The molecule has 0 fully saturated rings. The highest BCUT2D eigenvalue weighted by Crippen LogP contribution is 2.34. The van der Waals surface area contributed by atoms with Crippen LogP contribution in [0, 0.1) is 5.82 Å². The fraction of sp³-hybridized carbons (Fsp3) is 0.0556. The highest BCUT2D eigenvalue weighted by Gasteiger charge is 2.25. The molecule has 23 heavy (non-hydrogen) atoms. The van der Waals surface area contributed by atoms with E-state index in [1.807, 2.05) is 30.3 Å². The second-order valence-corrected chi connectivity index (χ2v) is 6.42. The Kier molecular flexibility index (Phi) is 3.35. The monoisotopic (exact) mass is 324 g/mol. The molecule has 114 valence electrons. The number of nitrogens with one attached hydrogen (secondary N) is 2. The van der Waals surface area contributed by atoms with E-state index in [1.54, 1.807) is 29.5 Å². The molecule has 0 saturated heterocycles. The molecular formula is C18H13FN2OS. The van der Waals surface area contributed by atoms with Crippen molar-refractivity contribution in [1.82, 2.24) is 5.32 Å². The molecule has 1 aromatic heterocycles. The van der Waals surface area contributed by atoms with Crippen molar-refractivity contribution in [2.24, 2.45) is 0 Å². The highest BCUT2D eigenvalue weighted by atomic mass is 32.1. The van der Waals surface area contributed by atoms with Crippen LogP contribution < -0.4 is 10.6 Å². The summed E-state index contributed by atoms with van der Waals surface area (Å²) in [5.41, 5.74) is 2.45. The minimum atomic E-state index is -0.253. The quantitative estimate of drug-likeness (QED) is 0.733. The number of carbonyl (C=O) groups excluding carboxylic acids is 1. The van der Waals surface area contributed by atoms with Crippen LogP contribution in [0.15, 0.2) is 60.7 Å². The summed E-state index contributed by atoms with van der Waals surface area (Å²) in [4.78, 5) is 14.2. The van der Waals surface area contributed by atoms with E-state index < -0.39 is 0 Å². The molecular weight excluding hydrogens is 311 g/mol. The number of para-hydroxylation sites is 1. The lowest BCUT2D eigenvalue weighted by atomic mass is 10.1. The van der Waals surface area contributed by atoms with Gasteiger partial charge in [0.2, 0.25) is 0 Å². The summed E-state index contributed by atoms with van der Waals surface area (Å²) in [6.07, 6.45) is -0.253. The van der Waals surface area contributed by atoms with Gasteiger partial charge in [0, 0.05) is 15.4 Å². The number of fused-ring (bicyclic) bond motifs is 1. The molecule has 1 aliphatic rings. The first kappa shape index (κ1) is 14.0. The normalized spacial score (nSPS) is 16.4. The van der Waals surface area contributed by atoms with E-state index in [1.165, 1.54) is 12.1 Å². The Morgan fingerprint density at radius 3 is 2.52 bits per heavy atom. The molecule has 0 radical (unpaired) electrons. The molecule has 0 bridgehead atoms. The fourth-order valence-electron chi connectivity index (χ4n) is 2.63. The third kappa shape index (κ3) is 2.59. The molecule has 2 aromatic carbocycles. The maximum Gasteiger partial charge on any atom is 0.255 e. The van der Waals surface area contributed by atoms with Crippen molar-refractivity contribution in [3.63, 3.8) is 0 Å². The third-order valence-corrected chi connectivity index (χ3v) is 4.99. The summed E-state index contributed by atoms with van der Waals surface area (Å²) >= 11 is 1.58. The number of hydrogen-bond acceptors (Lipinski definition) is 3. The SMILES string of the molecule is O=C1NC(c2ccc(-c3ccc(F)cc3)s2)Nc2ccccc21. The zero-order chi connectivity index (χ0) is 15.8. The minimum absolute atomic E-state index is 0.0823. The number of rotatable bonds is 2. The standard InChI is InChI=1S/C18H13FN2OS/c19-12-7-5-11(6-8-12)15-9-10-16(23-15)17-20-14-4-2-1-3-13(14)18(22)21-17/h1-10,17,20H,(H,21,22). The van der Waals surface area contributed by atoms with E-state index in [9.17, 15) is 9.18 Å². The Balaban J connectivity index is 1.63. The fourth-order valence-corrected chi connectivity index (χ4v) is 3.64. The van der Waals surface area contributed by atoms with Gasteiger partial charge in [0.1, 0.15) is 12.0 Å². The van der Waals surface area contributed by atoms with Crippen molar-refractivity contribution >= 4 is 22.9 Å². The van der Waals surface area contributed by atoms with Crippen LogP contribution >= 0.6 is 11.3 Å². The van der Waals surface area contributed by atoms with E-state index in [-0.39, 0.29) is 17.9 Å². The van der Waals surface area contributed by atoms with Crippen LogP contribution in [0.2, 0.25) is 0 Å². The van der Waals surface area contributed by atoms with Crippen molar-refractivity contribution in [2.45, 2.75) is 6.17 Å². The summed E-state index contributed by atoms with van der Waals surface area (Å²) in [6, 6.07) is 17.8. The molecule has 0 aliphatic carbocycles. The van der Waals surface area contributed by atoms with Crippen molar-refractivity contribution in [2.75, 3.05) is 5.32 Å². The van der Waals surface area contributed by atoms with Crippen LogP contribution in [0.1, 0.15) is 21.4 Å².